The molecule has 86 valence electrons. The Labute approximate surface area is 108 Å². The lowest BCUT2D eigenvalue weighted by atomic mass is 10.1. The number of para-hydroxylation sites is 1. The molecule has 2 nitrogen and oxygen atoms in total. The Hall–Kier alpha value is -1.61. The molecule has 17 heavy (non-hydrogen) atoms. The maximum absolute atomic E-state index is 11.8. The molecule has 0 saturated carbocycles. The second-order valence-electron chi connectivity index (χ2n) is 3.54. The van der Waals surface area contributed by atoms with Crippen molar-refractivity contribution in [3.63, 3.8) is 0 Å². The van der Waals surface area contributed by atoms with Gasteiger partial charge in [-0.2, -0.15) is 0 Å². The third-order valence-electron chi connectivity index (χ3n) is 2.26. The maximum Gasteiger partial charge on any atom is 0.200 e. The largest absolute Gasteiger partial charge is 0.485 e. The van der Waals surface area contributed by atoms with Crippen LogP contribution in [-0.4, -0.2) is 12.4 Å². The highest BCUT2D eigenvalue weighted by atomic mass is 79.9. The molecule has 0 radical (unpaired) electrons. The van der Waals surface area contributed by atoms with E-state index in [9.17, 15) is 4.79 Å². The van der Waals surface area contributed by atoms with Crippen LogP contribution < -0.4 is 4.74 Å². The van der Waals surface area contributed by atoms with E-state index >= 15 is 0 Å². The van der Waals surface area contributed by atoms with Gasteiger partial charge in [-0.15, -0.1) is 0 Å². The highest BCUT2D eigenvalue weighted by Crippen LogP contribution is 2.13. The van der Waals surface area contributed by atoms with Crippen molar-refractivity contribution in [2.24, 2.45) is 0 Å². The zero-order chi connectivity index (χ0) is 12.1. The number of benzene rings is 2. The van der Waals surface area contributed by atoms with E-state index in [0.717, 1.165) is 4.47 Å². The number of Topliss-reactive ketones (excluding diaryl/α,β-unsaturated/α-hetero) is 1. The van der Waals surface area contributed by atoms with E-state index in [4.69, 9.17) is 4.74 Å². The topological polar surface area (TPSA) is 26.3 Å². The summed E-state index contributed by atoms with van der Waals surface area (Å²) in [5.41, 5.74) is 0.648. The van der Waals surface area contributed by atoms with Crippen molar-refractivity contribution in [2.75, 3.05) is 6.61 Å². The third kappa shape index (κ3) is 3.43. The molecule has 2 aromatic carbocycles. The summed E-state index contributed by atoms with van der Waals surface area (Å²) >= 11 is 3.33. The zero-order valence-electron chi connectivity index (χ0n) is 9.10. The van der Waals surface area contributed by atoms with Crippen LogP contribution in [0.4, 0.5) is 0 Å². The van der Waals surface area contributed by atoms with Gasteiger partial charge in [0.2, 0.25) is 0 Å². The maximum atomic E-state index is 11.8. The molecule has 0 spiro atoms. The highest BCUT2D eigenvalue weighted by Gasteiger charge is 2.06. The molecule has 0 heterocycles. The first-order valence-corrected chi connectivity index (χ1v) is 6.01. The molecule has 0 aliphatic rings. The molecule has 0 aliphatic carbocycles. The van der Waals surface area contributed by atoms with Crippen molar-refractivity contribution < 1.29 is 9.53 Å². The van der Waals surface area contributed by atoms with E-state index in [1.165, 1.54) is 0 Å². The van der Waals surface area contributed by atoms with E-state index < -0.39 is 0 Å². The fourth-order valence-corrected chi connectivity index (χ4v) is 1.81. The molecular formula is C14H11BrO2. The van der Waals surface area contributed by atoms with Gasteiger partial charge in [0.05, 0.1) is 0 Å². The Morgan fingerprint density at radius 2 is 1.82 bits per heavy atom. The van der Waals surface area contributed by atoms with Gasteiger partial charge in [0, 0.05) is 10.0 Å². The molecule has 0 atom stereocenters. The van der Waals surface area contributed by atoms with Crippen LogP contribution in [0.1, 0.15) is 10.4 Å². The molecule has 0 saturated heterocycles. The van der Waals surface area contributed by atoms with Crippen LogP contribution in [0.25, 0.3) is 0 Å². The highest BCUT2D eigenvalue weighted by molar-refractivity contribution is 9.10. The molecule has 0 bridgehead atoms. The molecule has 3 heteroatoms. The molecule has 0 aromatic heterocycles. The van der Waals surface area contributed by atoms with Crippen molar-refractivity contribution in [2.45, 2.75) is 0 Å². The van der Waals surface area contributed by atoms with E-state index in [-0.39, 0.29) is 12.4 Å². The lowest BCUT2D eigenvalue weighted by molar-refractivity contribution is 0.0921. The van der Waals surface area contributed by atoms with E-state index in [1.807, 2.05) is 42.5 Å². The van der Waals surface area contributed by atoms with Crippen LogP contribution in [0.5, 0.6) is 5.75 Å². The van der Waals surface area contributed by atoms with Gasteiger partial charge in [0.1, 0.15) is 5.75 Å². The average Bonchev–Trinajstić information content (AvgIpc) is 2.37. The van der Waals surface area contributed by atoms with Gasteiger partial charge in [-0.1, -0.05) is 46.3 Å². The zero-order valence-corrected chi connectivity index (χ0v) is 10.7. The van der Waals surface area contributed by atoms with Gasteiger partial charge < -0.3 is 4.74 Å². The number of ketones is 1. The van der Waals surface area contributed by atoms with Crippen molar-refractivity contribution in [3.8, 4) is 5.75 Å². The molecule has 2 aromatic rings. The van der Waals surface area contributed by atoms with E-state index in [0.29, 0.717) is 11.3 Å². The lowest BCUT2D eigenvalue weighted by Crippen LogP contribution is -2.11. The second-order valence-corrected chi connectivity index (χ2v) is 4.45. The normalized spacial score (nSPS) is 9.94. The SMILES string of the molecule is O=C(COc1ccccc1)c1cccc(Br)c1. The van der Waals surface area contributed by atoms with Crippen LogP contribution >= 0.6 is 15.9 Å². The second kappa shape index (κ2) is 5.64. The van der Waals surface area contributed by atoms with Gasteiger partial charge in [-0.05, 0) is 24.3 Å². The smallest absolute Gasteiger partial charge is 0.200 e. The summed E-state index contributed by atoms with van der Waals surface area (Å²) in [6.07, 6.45) is 0. The van der Waals surface area contributed by atoms with E-state index in [2.05, 4.69) is 15.9 Å². The number of carbonyl (C=O) groups is 1. The first kappa shape index (κ1) is 11.9. The third-order valence-corrected chi connectivity index (χ3v) is 2.75. The van der Waals surface area contributed by atoms with Crippen LogP contribution in [-0.2, 0) is 0 Å². The predicted octanol–water partition coefficient (Wildman–Crippen LogP) is 3.71. The molecule has 0 amide bonds. The Kier molecular flexibility index (Phi) is 3.94. The first-order chi connectivity index (χ1) is 8.25. The van der Waals surface area contributed by atoms with Gasteiger partial charge in [-0.25, -0.2) is 0 Å². The molecular weight excluding hydrogens is 280 g/mol. The van der Waals surface area contributed by atoms with Gasteiger partial charge in [-0.3, -0.25) is 4.79 Å². The summed E-state index contributed by atoms with van der Waals surface area (Å²) in [7, 11) is 0. The summed E-state index contributed by atoms with van der Waals surface area (Å²) in [5, 5.41) is 0. The molecule has 0 fully saturated rings. The predicted molar refractivity (Wildman–Crippen MR) is 70.4 cm³/mol. The lowest BCUT2D eigenvalue weighted by Gasteiger charge is -2.05. The van der Waals surface area contributed by atoms with Crippen LogP contribution in [0, 0.1) is 0 Å². The van der Waals surface area contributed by atoms with Crippen LogP contribution in [0.15, 0.2) is 59.1 Å². The minimum absolute atomic E-state index is 0.0323. The fraction of sp³-hybridized carbons (Fsp3) is 0.0714. The van der Waals surface area contributed by atoms with Crippen molar-refractivity contribution >= 4 is 21.7 Å². The van der Waals surface area contributed by atoms with Gasteiger partial charge >= 0.3 is 0 Å². The first-order valence-electron chi connectivity index (χ1n) is 5.22. The van der Waals surface area contributed by atoms with Crippen LogP contribution in [0.3, 0.4) is 0 Å². The molecule has 0 N–H and O–H groups in total. The quantitative estimate of drug-likeness (QED) is 0.803. The summed E-state index contributed by atoms with van der Waals surface area (Å²) in [4.78, 5) is 11.8. The molecule has 0 aliphatic heterocycles. The van der Waals surface area contributed by atoms with Crippen molar-refractivity contribution in [1.29, 1.82) is 0 Å². The van der Waals surface area contributed by atoms with Crippen molar-refractivity contribution in [3.05, 3.63) is 64.6 Å². The summed E-state index contributed by atoms with van der Waals surface area (Å²) in [6, 6.07) is 16.6. The van der Waals surface area contributed by atoms with Gasteiger partial charge in [0.25, 0.3) is 0 Å². The summed E-state index contributed by atoms with van der Waals surface area (Å²) < 4.78 is 6.29. The minimum atomic E-state index is -0.0323. The van der Waals surface area contributed by atoms with Crippen molar-refractivity contribution in [1.82, 2.24) is 0 Å². The minimum Gasteiger partial charge on any atom is -0.485 e. The average molecular weight is 291 g/mol. The monoisotopic (exact) mass is 290 g/mol. The molecule has 0 unspecified atom stereocenters. The Bertz CT molecular complexity index is 509. The Morgan fingerprint density at radius 1 is 1.06 bits per heavy atom. The number of halogens is 1. The number of hydrogen-bond donors (Lipinski definition) is 0. The summed E-state index contributed by atoms with van der Waals surface area (Å²) in [5.74, 6) is 0.672. The Morgan fingerprint density at radius 3 is 2.53 bits per heavy atom. The van der Waals surface area contributed by atoms with Gasteiger partial charge in [0.15, 0.2) is 12.4 Å². The fourth-order valence-electron chi connectivity index (χ4n) is 1.41. The van der Waals surface area contributed by atoms with E-state index in [1.54, 1.807) is 12.1 Å². The molecule has 2 rings (SSSR count). The Balaban J connectivity index is 1.98. The standard InChI is InChI=1S/C14H11BrO2/c15-12-6-4-5-11(9-12)14(16)10-17-13-7-2-1-3-8-13/h1-9H,10H2. The number of hydrogen-bond acceptors (Lipinski definition) is 2. The number of carbonyl (C=O) groups excluding carboxylic acids is 1. The number of rotatable bonds is 4. The summed E-state index contributed by atoms with van der Waals surface area (Å²) in [6.45, 7) is 0.0560. The van der Waals surface area contributed by atoms with Crippen LogP contribution in [0.2, 0.25) is 0 Å². The number of ether oxygens (including phenoxy) is 1.